The van der Waals surface area contributed by atoms with E-state index in [4.69, 9.17) is 9.47 Å². The SMILES string of the molecule is COc1ccc2c(n1)CN(S(C)(=O)=O)c1c(C)c([C@H](OC(C)(C)C)C(=O)O)c(-c3ccc(C)cc3)c(C)c1-2. The molecular weight excluding hydrogens is 504 g/mol. The fourth-order valence-corrected chi connectivity index (χ4v) is 6.01. The van der Waals surface area contributed by atoms with Gasteiger partial charge in [0.05, 0.1) is 36.9 Å². The van der Waals surface area contributed by atoms with Crippen LogP contribution in [-0.4, -0.2) is 43.4 Å². The van der Waals surface area contributed by atoms with Crippen molar-refractivity contribution < 1.29 is 27.8 Å². The molecule has 1 aliphatic heterocycles. The topological polar surface area (TPSA) is 106 Å². The first kappa shape index (κ1) is 27.6. The third-order valence-electron chi connectivity index (χ3n) is 6.68. The Bertz CT molecular complexity index is 1520. The first-order chi connectivity index (χ1) is 17.6. The van der Waals surface area contributed by atoms with Crippen molar-refractivity contribution in [3.63, 3.8) is 0 Å². The van der Waals surface area contributed by atoms with E-state index in [1.165, 1.54) is 11.4 Å². The zero-order chi connectivity index (χ0) is 28.2. The van der Waals surface area contributed by atoms with Crippen LogP contribution in [-0.2, 0) is 26.1 Å². The molecule has 0 saturated heterocycles. The Kier molecular flexibility index (Phi) is 7.05. The number of rotatable bonds is 6. The van der Waals surface area contributed by atoms with Crippen molar-refractivity contribution >= 4 is 21.7 Å². The zero-order valence-electron chi connectivity index (χ0n) is 23.0. The Hall–Kier alpha value is -3.43. The minimum atomic E-state index is -3.76. The Morgan fingerprint density at radius 2 is 1.66 bits per heavy atom. The molecule has 1 aromatic heterocycles. The summed E-state index contributed by atoms with van der Waals surface area (Å²) in [7, 11) is -2.25. The number of aliphatic carboxylic acids is 1. The lowest BCUT2D eigenvalue weighted by molar-refractivity contribution is -0.160. The second-order valence-electron chi connectivity index (χ2n) is 10.7. The Labute approximate surface area is 224 Å². The van der Waals surface area contributed by atoms with Gasteiger partial charge >= 0.3 is 5.97 Å². The van der Waals surface area contributed by atoms with Crippen LogP contribution < -0.4 is 9.04 Å². The Morgan fingerprint density at radius 3 is 2.18 bits per heavy atom. The van der Waals surface area contributed by atoms with E-state index in [0.717, 1.165) is 28.5 Å². The molecule has 4 rings (SSSR count). The Balaban J connectivity index is 2.20. The molecule has 0 amide bonds. The molecule has 0 fully saturated rings. The van der Waals surface area contributed by atoms with Crippen LogP contribution in [0.4, 0.5) is 5.69 Å². The number of sulfonamides is 1. The van der Waals surface area contributed by atoms with E-state index in [9.17, 15) is 18.3 Å². The maximum absolute atomic E-state index is 13.1. The van der Waals surface area contributed by atoms with Crippen LogP contribution in [0.15, 0.2) is 36.4 Å². The van der Waals surface area contributed by atoms with Gasteiger partial charge in [0.2, 0.25) is 15.9 Å². The second-order valence-corrected chi connectivity index (χ2v) is 12.6. The first-order valence-corrected chi connectivity index (χ1v) is 14.2. The summed E-state index contributed by atoms with van der Waals surface area (Å²) in [6.45, 7) is 11.0. The lowest BCUT2D eigenvalue weighted by Crippen LogP contribution is -2.35. The summed E-state index contributed by atoms with van der Waals surface area (Å²) in [5, 5.41) is 10.4. The quantitative estimate of drug-likeness (QED) is 0.437. The maximum Gasteiger partial charge on any atom is 0.337 e. The third-order valence-corrected chi connectivity index (χ3v) is 7.80. The first-order valence-electron chi connectivity index (χ1n) is 12.3. The predicted octanol–water partition coefficient (Wildman–Crippen LogP) is 5.57. The number of nitrogens with zero attached hydrogens (tertiary/aromatic N) is 2. The molecule has 0 spiro atoms. The average Bonchev–Trinajstić information content (AvgIpc) is 2.82. The maximum atomic E-state index is 13.1. The van der Waals surface area contributed by atoms with Crippen LogP contribution >= 0.6 is 0 Å². The van der Waals surface area contributed by atoms with E-state index in [0.29, 0.717) is 39.5 Å². The minimum absolute atomic E-state index is 0.000168. The number of benzene rings is 2. The van der Waals surface area contributed by atoms with Gasteiger partial charge in [-0.3, -0.25) is 4.31 Å². The van der Waals surface area contributed by atoms with Gasteiger partial charge in [0, 0.05) is 22.8 Å². The lowest BCUT2D eigenvalue weighted by atomic mass is 9.81. The number of carboxylic acids is 1. The van der Waals surface area contributed by atoms with E-state index in [-0.39, 0.29) is 6.54 Å². The molecule has 0 saturated carbocycles. The molecule has 1 N–H and O–H groups in total. The van der Waals surface area contributed by atoms with Crippen LogP contribution in [0, 0.1) is 20.8 Å². The van der Waals surface area contributed by atoms with E-state index < -0.39 is 27.7 Å². The number of hydrogen-bond donors (Lipinski definition) is 1. The van der Waals surface area contributed by atoms with Crippen molar-refractivity contribution in [3.05, 3.63) is 64.3 Å². The number of aryl methyl sites for hydroxylation is 1. The largest absolute Gasteiger partial charge is 0.481 e. The molecule has 0 aliphatic carbocycles. The predicted molar refractivity (Wildman–Crippen MR) is 148 cm³/mol. The molecular formula is C29H34N2O6S. The van der Waals surface area contributed by atoms with Crippen molar-refractivity contribution in [2.75, 3.05) is 17.7 Å². The molecule has 9 heteroatoms. The molecule has 2 aromatic carbocycles. The molecule has 2 heterocycles. The number of pyridine rings is 1. The van der Waals surface area contributed by atoms with Crippen LogP contribution in [0.25, 0.3) is 22.3 Å². The molecule has 1 atom stereocenters. The van der Waals surface area contributed by atoms with Crippen LogP contribution in [0.3, 0.4) is 0 Å². The molecule has 8 nitrogen and oxygen atoms in total. The van der Waals surface area contributed by atoms with Crippen molar-refractivity contribution in [1.82, 2.24) is 4.98 Å². The normalized spacial score (nSPS) is 14.1. The van der Waals surface area contributed by atoms with Gasteiger partial charge in [-0.25, -0.2) is 18.2 Å². The van der Waals surface area contributed by atoms with Crippen molar-refractivity contribution in [2.24, 2.45) is 0 Å². The highest BCUT2D eigenvalue weighted by atomic mass is 32.2. The van der Waals surface area contributed by atoms with Gasteiger partial charge in [0.25, 0.3) is 0 Å². The smallest absolute Gasteiger partial charge is 0.337 e. The fourth-order valence-electron chi connectivity index (χ4n) is 5.10. The molecule has 3 aromatic rings. The third kappa shape index (κ3) is 5.00. The van der Waals surface area contributed by atoms with E-state index in [2.05, 4.69) is 4.98 Å². The number of anilines is 1. The van der Waals surface area contributed by atoms with Gasteiger partial charge in [-0.1, -0.05) is 29.8 Å². The molecule has 38 heavy (non-hydrogen) atoms. The standard InChI is InChI=1S/C29H34N2O6S/c1-16-9-11-19(12-10-16)23-17(2)24-20-13-14-22(36-7)30-21(20)15-31(38(8,34)35)26(24)18(3)25(23)27(28(32)33)37-29(4,5)6/h9-14,27H,15H2,1-8H3,(H,32,33)/t27-/m0/s1. The molecule has 1 aliphatic rings. The highest BCUT2D eigenvalue weighted by Gasteiger charge is 2.38. The Morgan fingerprint density at radius 1 is 1.03 bits per heavy atom. The summed E-state index contributed by atoms with van der Waals surface area (Å²) >= 11 is 0. The van der Waals surface area contributed by atoms with Gasteiger partial charge in [-0.15, -0.1) is 0 Å². The van der Waals surface area contributed by atoms with E-state index >= 15 is 0 Å². The summed E-state index contributed by atoms with van der Waals surface area (Å²) in [5.74, 6) is -0.765. The number of ether oxygens (including phenoxy) is 2. The number of fused-ring (bicyclic) bond motifs is 3. The van der Waals surface area contributed by atoms with Crippen molar-refractivity contribution in [2.45, 2.75) is 59.8 Å². The number of methoxy groups -OCH3 is 1. The van der Waals surface area contributed by atoms with Gasteiger partial charge in [-0.2, -0.15) is 0 Å². The highest BCUT2D eigenvalue weighted by Crippen LogP contribution is 2.51. The monoisotopic (exact) mass is 538 g/mol. The summed E-state index contributed by atoms with van der Waals surface area (Å²) in [5.41, 5.74) is 6.01. The molecule has 202 valence electrons. The fraction of sp³-hybridized carbons (Fsp3) is 0.379. The number of aromatic nitrogens is 1. The molecule has 0 bridgehead atoms. The number of carbonyl (C=O) groups is 1. The van der Waals surface area contributed by atoms with Crippen LogP contribution in [0.5, 0.6) is 5.88 Å². The van der Waals surface area contributed by atoms with Gasteiger partial charge in [0.1, 0.15) is 0 Å². The van der Waals surface area contributed by atoms with Crippen molar-refractivity contribution in [1.29, 1.82) is 0 Å². The lowest BCUT2D eigenvalue weighted by Gasteiger charge is -2.37. The summed E-state index contributed by atoms with van der Waals surface area (Å²) < 4.78 is 39.0. The highest BCUT2D eigenvalue weighted by molar-refractivity contribution is 7.92. The minimum Gasteiger partial charge on any atom is -0.481 e. The van der Waals surface area contributed by atoms with Crippen LogP contribution in [0.2, 0.25) is 0 Å². The summed E-state index contributed by atoms with van der Waals surface area (Å²) in [4.78, 5) is 17.3. The van der Waals surface area contributed by atoms with E-state index in [1.807, 2.05) is 44.2 Å². The van der Waals surface area contributed by atoms with Gasteiger partial charge in [0.15, 0.2) is 6.10 Å². The number of hydrogen-bond acceptors (Lipinski definition) is 6. The molecule has 0 radical (unpaired) electrons. The average molecular weight is 539 g/mol. The molecule has 0 unspecified atom stereocenters. The number of carboxylic acid groups (broad SMARTS) is 1. The summed E-state index contributed by atoms with van der Waals surface area (Å²) in [6.07, 6.45) is -0.183. The summed E-state index contributed by atoms with van der Waals surface area (Å²) in [6, 6.07) is 11.5. The zero-order valence-corrected chi connectivity index (χ0v) is 23.9. The van der Waals surface area contributed by atoms with Crippen LogP contribution in [0.1, 0.15) is 54.8 Å². The van der Waals surface area contributed by atoms with E-state index in [1.54, 1.807) is 33.8 Å². The van der Waals surface area contributed by atoms with Crippen molar-refractivity contribution in [3.8, 4) is 28.1 Å². The second kappa shape index (κ2) is 9.71. The van der Waals surface area contributed by atoms with Gasteiger partial charge in [-0.05, 0) is 69.9 Å². The van der Waals surface area contributed by atoms with Gasteiger partial charge < -0.3 is 14.6 Å².